The maximum absolute atomic E-state index is 13.3. The fourth-order valence-electron chi connectivity index (χ4n) is 6.44. The molecule has 0 heterocycles. The summed E-state index contributed by atoms with van der Waals surface area (Å²) in [5.41, 5.74) is 4.34. The van der Waals surface area contributed by atoms with Crippen molar-refractivity contribution in [3.05, 3.63) is 69.3 Å². The number of carboxylic acid groups (broad SMARTS) is 2. The number of aliphatic carboxylic acids is 2. The average molecular weight is 581 g/mol. The molecule has 8 heteroatoms. The van der Waals surface area contributed by atoms with Gasteiger partial charge in [0.25, 0.3) is 0 Å². The molecule has 0 bridgehead atoms. The van der Waals surface area contributed by atoms with E-state index in [0.717, 1.165) is 35.1 Å². The van der Waals surface area contributed by atoms with Crippen molar-refractivity contribution < 1.29 is 38.9 Å². The van der Waals surface area contributed by atoms with E-state index in [-0.39, 0.29) is 36.6 Å². The summed E-state index contributed by atoms with van der Waals surface area (Å²) in [5.74, 6) is -3.21. The Hall–Kier alpha value is -3.68. The Morgan fingerprint density at radius 1 is 0.857 bits per heavy atom. The Kier molecular flexibility index (Phi) is 10.9. The first kappa shape index (κ1) is 32.8. The maximum Gasteiger partial charge on any atom is 0.318 e. The van der Waals surface area contributed by atoms with Gasteiger partial charge in [-0.05, 0) is 103 Å². The van der Waals surface area contributed by atoms with E-state index >= 15 is 0 Å². The lowest BCUT2D eigenvalue weighted by Gasteiger charge is -2.40. The van der Waals surface area contributed by atoms with Crippen LogP contribution >= 0.6 is 0 Å². The minimum Gasteiger partial charge on any atom is -0.481 e. The highest BCUT2D eigenvalue weighted by molar-refractivity contribution is 5.90. The summed E-state index contributed by atoms with van der Waals surface area (Å²) >= 11 is 0. The van der Waals surface area contributed by atoms with Crippen molar-refractivity contribution in [2.45, 2.75) is 103 Å². The largest absolute Gasteiger partial charge is 0.481 e. The number of benzene rings is 2. The number of rotatable bonds is 13. The van der Waals surface area contributed by atoms with Gasteiger partial charge in [-0.15, -0.1) is 0 Å². The molecule has 0 unspecified atom stereocenters. The highest BCUT2D eigenvalue weighted by Crippen LogP contribution is 2.49. The smallest absolute Gasteiger partial charge is 0.318 e. The third kappa shape index (κ3) is 7.20. The molecule has 42 heavy (non-hydrogen) atoms. The van der Waals surface area contributed by atoms with Crippen LogP contribution in [-0.4, -0.2) is 47.3 Å². The molecule has 0 spiro atoms. The lowest BCUT2D eigenvalue weighted by molar-refractivity contribution is -0.145. The van der Waals surface area contributed by atoms with Crippen LogP contribution in [0.3, 0.4) is 0 Å². The van der Waals surface area contributed by atoms with E-state index in [1.807, 2.05) is 44.2 Å². The molecule has 1 aliphatic carbocycles. The van der Waals surface area contributed by atoms with Crippen LogP contribution in [0.1, 0.15) is 123 Å². The summed E-state index contributed by atoms with van der Waals surface area (Å²) in [6, 6.07) is 9.59. The standard InChI is InChI=1S/C34H44O8/c1-20(9-7-15-41-24(5)35)28-18-26(12-11-22(28)3)34(33(39)40)14-13-27(32(37)38)30-19-29(23(4)17-31(30)34)21(2)10-8-16-42-25(6)36/h11-12,17-21,27H,7-10,13-16H2,1-6H3,(H,37,38)(H,39,40)/t20-,21-,27-,34-/m0/s1. The van der Waals surface area contributed by atoms with Crippen molar-refractivity contribution in [2.24, 2.45) is 0 Å². The molecule has 0 aliphatic heterocycles. The van der Waals surface area contributed by atoms with Gasteiger partial charge >= 0.3 is 23.9 Å². The van der Waals surface area contributed by atoms with Crippen LogP contribution < -0.4 is 0 Å². The summed E-state index contributed by atoms with van der Waals surface area (Å²) in [6.45, 7) is 11.5. The van der Waals surface area contributed by atoms with Gasteiger partial charge in [-0.3, -0.25) is 19.2 Å². The first-order valence-electron chi connectivity index (χ1n) is 14.8. The van der Waals surface area contributed by atoms with Gasteiger partial charge < -0.3 is 19.7 Å². The van der Waals surface area contributed by atoms with Crippen LogP contribution in [0.2, 0.25) is 0 Å². The first-order chi connectivity index (χ1) is 19.8. The predicted octanol–water partition coefficient (Wildman–Crippen LogP) is 6.53. The van der Waals surface area contributed by atoms with Crippen LogP contribution in [0.5, 0.6) is 0 Å². The summed E-state index contributed by atoms with van der Waals surface area (Å²) in [7, 11) is 0. The number of fused-ring (bicyclic) bond motifs is 1. The Balaban J connectivity index is 2.06. The minimum absolute atomic E-state index is 0.0697. The number of esters is 2. The highest BCUT2D eigenvalue weighted by Gasteiger charge is 2.49. The van der Waals surface area contributed by atoms with Crippen molar-refractivity contribution >= 4 is 23.9 Å². The first-order valence-corrected chi connectivity index (χ1v) is 14.8. The maximum atomic E-state index is 13.3. The number of ether oxygens (including phenoxy) is 2. The molecule has 0 radical (unpaired) electrons. The molecule has 228 valence electrons. The third-order valence-corrected chi connectivity index (χ3v) is 8.75. The Labute approximate surface area is 248 Å². The van der Waals surface area contributed by atoms with Crippen LogP contribution in [0, 0.1) is 13.8 Å². The molecule has 0 aromatic heterocycles. The van der Waals surface area contributed by atoms with Crippen molar-refractivity contribution in [1.82, 2.24) is 0 Å². The predicted molar refractivity (Wildman–Crippen MR) is 159 cm³/mol. The number of aryl methyl sites for hydroxylation is 2. The number of hydrogen-bond acceptors (Lipinski definition) is 6. The van der Waals surface area contributed by atoms with Crippen LogP contribution in [0.4, 0.5) is 0 Å². The summed E-state index contributed by atoms with van der Waals surface area (Å²) in [5, 5.41) is 21.0. The molecule has 8 nitrogen and oxygen atoms in total. The van der Waals surface area contributed by atoms with Gasteiger partial charge in [0.2, 0.25) is 0 Å². The van der Waals surface area contributed by atoms with E-state index in [1.165, 1.54) is 13.8 Å². The van der Waals surface area contributed by atoms with E-state index in [1.54, 1.807) is 0 Å². The van der Waals surface area contributed by atoms with Gasteiger partial charge in [0.1, 0.15) is 5.41 Å². The molecule has 2 aromatic rings. The lowest BCUT2D eigenvalue weighted by Crippen LogP contribution is -2.42. The minimum atomic E-state index is -1.39. The van der Waals surface area contributed by atoms with Crippen molar-refractivity contribution in [2.75, 3.05) is 13.2 Å². The van der Waals surface area contributed by atoms with Gasteiger partial charge in [0.15, 0.2) is 0 Å². The number of carbonyl (C=O) groups is 4. The van der Waals surface area contributed by atoms with E-state index in [0.29, 0.717) is 42.7 Å². The number of carboxylic acids is 2. The van der Waals surface area contributed by atoms with Gasteiger partial charge in [-0.25, -0.2) is 0 Å². The average Bonchev–Trinajstić information content (AvgIpc) is 2.92. The zero-order chi connectivity index (χ0) is 31.2. The second-order valence-electron chi connectivity index (χ2n) is 11.8. The van der Waals surface area contributed by atoms with E-state index in [2.05, 4.69) is 13.8 Å². The van der Waals surface area contributed by atoms with Crippen LogP contribution in [-0.2, 0) is 34.1 Å². The molecule has 2 aromatic carbocycles. The monoisotopic (exact) mass is 580 g/mol. The molecule has 3 rings (SSSR count). The molecular formula is C34H44O8. The Bertz CT molecular complexity index is 1330. The zero-order valence-corrected chi connectivity index (χ0v) is 25.6. The quantitative estimate of drug-likeness (QED) is 0.202. The molecule has 0 saturated heterocycles. The van der Waals surface area contributed by atoms with Gasteiger partial charge in [0.05, 0.1) is 19.1 Å². The van der Waals surface area contributed by atoms with Crippen LogP contribution in [0.15, 0.2) is 30.3 Å². The molecule has 1 aliphatic rings. The number of carbonyl (C=O) groups excluding carboxylic acids is 2. The van der Waals surface area contributed by atoms with Gasteiger partial charge in [0, 0.05) is 13.8 Å². The molecule has 0 saturated carbocycles. The van der Waals surface area contributed by atoms with Crippen LogP contribution in [0.25, 0.3) is 0 Å². The van der Waals surface area contributed by atoms with Crippen molar-refractivity contribution in [3.63, 3.8) is 0 Å². The summed E-state index contributed by atoms with van der Waals surface area (Å²) in [6.07, 6.45) is 3.26. The van der Waals surface area contributed by atoms with E-state index in [9.17, 15) is 29.4 Å². The molecule has 2 N–H and O–H groups in total. The molecule has 4 atom stereocenters. The summed E-state index contributed by atoms with van der Waals surface area (Å²) < 4.78 is 10.2. The second-order valence-corrected chi connectivity index (χ2v) is 11.8. The van der Waals surface area contributed by atoms with E-state index < -0.39 is 23.3 Å². The van der Waals surface area contributed by atoms with Crippen molar-refractivity contribution in [1.29, 1.82) is 0 Å². The second kappa shape index (κ2) is 14.0. The molecule has 0 amide bonds. The number of hydrogen-bond donors (Lipinski definition) is 2. The molecular weight excluding hydrogens is 536 g/mol. The normalized spacial score (nSPS) is 19.3. The Morgan fingerprint density at radius 2 is 1.40 bits per heavy atom. The Morgan fingerprint density at radius 3 is 1.90 bits per heavy atom. The highest BCUT2D eigenvalue weighted by atomic mass is 16.5. The van der Waals surface area contributed by atoms with Gasteiger partial charge in [-0.1, -0.05) is 44.2 Å². The fourth-order valence-corrected chi connectivity index (χ4v) is 6.44. The third-order valence-electron chi connectivity index (χ3n) is 8.75. The molecule has 0 fully saturated rings. The van der Waals surface area contributed by atoms with E-state index in [4.69, 9.17) is 9.47 Å². The fraction of sp³-hybridized carbons (Fsp3) is 0.529. The topological polar surface area (TPSA) is 127 Å². The van der Waals surface area contributed by atoms with Crippen molar-refractivity contribution in [3.8, 4) is 0 Å². The summed E-state index contributed by atoms with van der Waals surface area (Å²) in [4.78, 5) is 47.9. The lowest BCUT2D eigenvalue weighted by atomic mass is 9.62. The van der Waals surface area contributed by atoms with Gasteiger partial charge in [-0.2, -0.15) is 0 Å². The zero-order valence-electron chi connectivity index (χ0n) is 25.6. The SMILES string of the molecule is CC(=O)OCCC[C@H](C)c1cc([C@@]2(C(=O)O)CC[C@H](C(=O)O)c3cc([C@@H](C)CCCOC(C)=O)c(C)cc32)ccc1C.